The van der Waals surface area contributed by atoms with Crippen LogP contribution >= 0.6 is 11.6 Å². The molecule has 0 radical (unpaired) electrons. The monoisotopic (exact) mass is 317 g/mol. The molecule has 1 aliphatic carbocycles. The van der Waals surface area contributed by atoms with Crippen LogP contribution in [0, 0.1) is 5.82 Å². The summed E-state index contributed by atoms with van der Waals surface area (Å²) in [6, 6.07) is 6.07. The minimum atomic E-state index is -0.468. The number of fused-ring (bicyclic) bond motifs is 1. The Morgan fingerprint density at radius 3 is 3.00 bits per heavy atom. The van der Waals surface area contributed by atoms with Gasteiger partial charge in [0.25, 0.3) is 0 Å². The number of carbonyl (C=O) groups is 1. The highest BCUT2D eigenvalue weighted by Gasteiger charge is 2.35. The number of allylic oxidation sites excluding steroid dienone is 2. The number of benzene rings is 1. The van der Waals surface area contributed by atoms with Gasteiger partial charge >= 0.3 is 0 Å². The first-order valence-corrected chi connectivity index (χ1v) is 7.54. The summed E-state index contributed by atoms with van der Waals surface area (Å²) < 4.78 is 15.2. The van der Waals surface area contributed by atoms with Gasteiger partial charge in [-0.2, -0.15) is 5.10 Å². The maximum Gasteiger partial charge on any atom is 0.163 e. The van der Waals surface area contributed by atoms with Gasteiger partial charge in [-0.15, -0.1) is 0 Å². The van der Waals surface area contributed by atoms with E-state index in [1.54, 1.807) is 23.0 Å². The predicted octanol–water partition coefficient (Wildman–Crippen LogP) is 3.70. The molecule has 4 rings (SSSR count). The van der Waals surface area contributed by atoms with Crippen LogP contribution in [0.4, 0.5) is 10.2 Å². The normalized spacial score (nSPS) is 20.5. The summed E-state index contributed by atoms with van der Waals surface area (Å²) in [6.45, 7) is 0. The Labute approximate surface area is 131 Å². The molecule has 6 heteroatoms. The zero-order valence-electron chi connectivity index (χ0n) is 11.6. The van der Waals surface area contributed by atoms with Crippen LogP contribution in [0.25, 0.3) is 0 Å². The van der Waals surface area contributed by atoms with Crippen LogP contribution in [0.1, 0.15) is 30.9 Å². The second-order valence-electron chi connectivity index (χ2n) is 5.53. The molecule has 4 nitrogen and oxygen atoms in total. The molecule has 1 atom stereocenters. The van der Waals surface area contributed by atoms with Crippen molar-refractivity contribution in [2.45, 2.75) is 25.3 Å². The summed E-state index contributed by atoms with van der Waals surface area (Å²) in [5, 5.41) is 7.66. The van der Waals surface area contributed by atoms with E-state index in [-0.39, 0.29) is 16.8 Å². The Morgan fingerprint density at radius 1 is 1.32 bits per heavy atom. The van der Waals surface area contributed by atoms with Crippen molar-refractivity contribution in [3.8, 4) is 0 Å². The van der Waals surface area contributed by atoms with E-state index >= 15 is 0 Å². The number of halogens is 2. The zero-order valence-corrected chi connectivity index (χ0v) is 12.4. The number of aromatic nitrogens is 2. The third-order valence-corrected chi connectivity index (χ3v) is 4.47. The molecule has 1 unspecified atom stereocenters. The standard InChI is InChI=1S/C16H13ClFN3O/c17-10-8-9(4-5-11(10)18)16-15-12(2-1-3-13(15)22)20-14-6-7-19-21(14)16/h4-8,16,20H,1-3H2. The maximum absolute atomic E-state index is 13.5. The van der Waals surface area contributed by atoms with Gasteiger partial charge in [0.05, 0.1) is 11.2 Å². The third-order valence-electron chi connectivity index (χ3n) is 4.18. The summed E-state index contributed by atoms with van der Waals surface area (Å²) in [7, 11) is 0. The van der Waals surface area contributed by atoms with Crippen molar-refractivity contribution < 1.29 is 9.18 Å². The minimum Gasteiger partial charge on any atom is -0.343 e. The second-order valence-corrected chi connectivity index (χ2v) is 5.94. The van der Waals surface area contributed by atoms with Crippen LogP contribution in [0.2, 0.25) is 5.02 Å². The summed E-state index contributed by atoms with van der Waals surface area (Å²) in [4.78, 5) is 12.4. The van der Waals surface area contributed by atoms with Gasteiger partial charge in [-0.3, -0.25) is 4.79 Å². The van der Waals surface area contributed by atoms with Gasteiger partial charge in [-0.05, 0) is 30.5 Å². The highest BCUT2D eigenvalue weighted by Crippen LogP contribution is 2.40. The lowest BCUT2D eigenvalue weighted by Crippen LogP contribution is -2.31. The van der Waals surface area contributed by atoms with Crippen molar-refractivity contribution in [2.75, 3.05) is 5.32 Å². The summed E-state index contributed by atoms with van der Waals surface area (Å²) >= 11 is 5.92. The van der Waals surface area contributed by atoms with Gasteiger partial charge in [0.2, 0.25) is 0 Å². The average Bonchev–Trinajstić information content (AvgIpc) is 2.96. The Hall–Kier alpha value is -2.14. The zero-order chi connectivity index (χ0) is 15.3. The quantitative estimate of drug-likeness (QED) is 0.872. The third kappa shape index (κ3) is 1.96. The number of anilines is 1. The molecule has 2 heterocycles. The molecule has 0 amide bonds. The molecule has 1 aromatic carbocycles. The summed E-state index contributed by atoms with van der Waals surface area (Å²) in [5.41, 5.74) is 2.42. The predicted molar refractivity (Wildman–Crippen MR) is 81.3 cm³/mol. The van der Waals surface area contributed by atoms with Crippen LogP contribution in [0.3, 0.4) is 0 Å². The van der Waals surface area contributed by atoms with E-state index in [1.165, 1.54) is 6.07 Å². The molecule has 1 aliphatic heterocycles. The SMILES string of the molecule is O=C1CCCC2=C1C(c1ccc(F)c(Cl)c1)n1nccc1N2. The highest BCUT2D eigenvalue weighted by atomic mass is 35.5. The molecule has 1 aromatic heterocycles. The first kappa shape index (κ1) is 13.5. The molecule has 22 heavy (non-hydrogen) atoms. The first-order valence-electron chi connectivity index (χ1n) is 7.17. The van der Waals surface area contributed by atoms with Crippen molar-refractivity contribution in [1.82, 2.24) is 9.78 Å². The van der Waals surface area contributed by atoms with Crippen LogP contribution in [0.15, 0.2) is 41.7 Å². The van der Waals surface area contributed by atoms with Gasteiger partial charge in [0.15, 0.2) is 5.78 Å². The fourth-order valence-electron chi connectivity index (χ4n) is 3.20. The molecular formula is C16H13ClFN3O. The smallest absolute Gasteiger partial charge is 0.163 e. The Morgan fingerprint density at radius 2 is 2.18 bits per heavy atom. The highest BCUT2D eigenvalue weighted by molar-refractivity contribution is 6.30. The molecule has 0 spiro atoms. The molecule has 0 fully saturated rings. The molecule has 2 aromatic rings. The molecular weight excluding hydrogens is 305 g/mol. The fourth-order valence-corrected chi connectivity index (χ4v) is 3.39. The lowest BCUT2D eigenvalue weighted by atomic mass is 9.85. The van der Waals surface area contributed by atoms with Crippen LogP contribution in [0.5, 0.6) is 0 Å². The van der Waals surface area contributed by atoms with Crippen molar-refractivity contribution in [1.29, 1.82) is 0 Å². The van der Waals surface area contributed by atoms with E-state index in [0.29, 0.717) is 12.0 Å². The van der Waals surface area contributed by atoms with Gasteiger partial charge in [-0.1, -0.05) is 17.7 Å². The Bertz CT molecular complexity index is 811. The fraction of sp³-hybridized carbons (Fsp3) is 0.250. The van der Waals surface area contributed by atoms with Crippen molar-refractivity contribution in [3.63, 3.8) is 0 Å². The molecule has 112 valence electrons. The van der Waals surface area contributed by atoms with Gasteiger partial charge in [0, 0.05) is 23.8 Å². The molecule has 0 saturated carbocycles. The number of hydrogen-bond donors (Lipinski definition) is 1. The number of hydrogen-bond acceptors (Lipinski definition) is 3. The Kier molecular flexibility index (Phi) is 3.04. The number of rotatable bonds is 1. The van der Waals surface area contributed by atoms with E-state index in [0.717, 1.165) is 29.9 Å². The van der Waals surface area contributed by atoms with E-state index in [2.05, 4.69) is 10.4 Å². The van der Waals surface area contributed by atoms with E-state index < -0.39 is 5.82 Å². The van der Waals surface area contributed by atoms with Gasteiger partial charge in [0.1, 0.15) is 17.7 Å². The Balaban J connectivity index is 1.92. The largest absolute Gasteiger partial charge is 0.343 e. The number of ketones is 1. The van der Waals surface area contributed by atoms with E-state index in [4.69, 9.17) is 11.6 Å². The van der Waals surface area contributed by atoms with Crippen LogP contribution in [-0.4, -0.2) is 15.6 Å². The van der Waals surface area contributed by atoms with Crippen LogP contribution in [-0.2, 0) is 4.79 Å². The first-order chi connectivity index (χ1) is 10.6. The topological polar surface area (TPSA) is 46.9 Å². The van der Waals surface area contributed by atoms with Crippen molar-refractivity contribution in [2.24, 2.45) is 0 Å². The molecule has 0 saturated heterocycles. The van der Waals surface area contributed by atoms with Crippen molar-refractivity contribution >= 4 is 23.2 Å². The second kappa shape index (κ2) is 4.95. The number of nitrogens with zero attached hydrogens (tertiary/aromatic N) is 2. The molecule has 2 aliphatic rings. The van der Waals surface area contributed by atoms with Crippen LogP contribution < -0.4 is 5.32 Å². The lowest BCUT2D eigenvalue weighted by molar-refractivity contribution is -0.116. The minimum absolute atomic E-state index is 0.0511. The maximum atomic E-state index is 13.5. The number of carbonyl (C=O) groups excluding carboxylic acids is 1. The van der Waals surface area contributed by atoms with E-state index in [9.17, 15) is 9.18 Å². The number of Topliss-reactive ketones (excluding diaryl/α,β-unsaturated/α-hetero) is 1. The van der Waals surface area contributed by atoms with Gasteiger partial charge < -0.3 is 5.32 Å². The van der Waals surface area contributed by atoms with E-state index in [1.807, 2.05) is 6.07 Å². The lowest BCUT2D eigenvalue weighted by Gasteiger charge is -2.33. The average molecular weight is 318 g/mol. The molecule has 0 bridgehead atoms. The van der Waals surface area contributed by atoms with Crippen molar-refractivity contribution in [3.05, 3.63) is 58.1 Å². The number of nitrogens with one attached hydrogen (secondary N) is 1. The molecule has 1 N–H and O–H groups in total. The van der Waals surface area contributed by atoms with Gasteiger partial charge in [-0.25, -0.2) is 9.07 Å². The summed E-state index contributed by atoms with van der Waals surface area (Å²) in [6.07, 6.45) is 3.89. The summed E-state index contributed by atoms with van der Waals surface area (Å²) in [5.74, 6) is 0.475.